The largest absolute Gasteiger partial charge is 0.497 e. The SMILES string of the molecule is COc1ccc(NC(=O)C2=C(C)NC(=O)NC2c2ccccc2C)cc1. The molecule has 0 aromatic heterocycles. The number of amides is 3. The van der Waals surface area contributed by atoms with E-state index in [0.29, 0.717) is 22.7 Å². The van der Waals surface area contributed by atoms with Crippen LogP contribution in [0.3, 0.4) is 0 Å². The van der Waals surface area contributed by atoms with E-state index in [1.807, 2.05) is 31.2 Å². The van der Waals surface area contributed by atoms with Gasteiger partial charge in [-0.2, -0.15) is 0 Å². The van der Waals surface area contributed by atoms with Crippen molar-refractivity contribution < 1.29 is 14.3 Å². The van der Waals surface area contributed by atoms with Crippen molar-refractivity contribution in [3.05, 3.63) is 70.9 Å². The van der Waals surface area contributed by atoms with Crippen LogP contribution < -0.4 is 20.7 Å². The minimum Gasteiger partial charge on any atom is -0.497 e. The van der Waals surface area contributed by atoms with Gasteiger partial charge in [-0.15, -0.1) is 0 Å². The van der Waals surface area contributed by atoms with Gasteiger partial charge in [-0.3, -0.25) is 4.79 Å². The van der Waals surface area contributed by atoms with Gasteiger partial charge in [-0.25, -0.2) is 4.79 Å². The van der Waals surface area contributed by atoms with Crippen molar-refractivity contribution in [2.75, 3.05) is 12.4 Å². The molecule has 0 aliphatic carbocycles. The number of nitrogens with one attached hydrogen (secondary N) is 3. The first-order chi connectivity index (χ1) is 12.5. The van der Waals surface area contributed by atoms with E-state index in [-0.39, 0.29) is 11.9 Å². The van der Waals surface area contributed by atoms with Gasteiger partial charge in [0.2, 0.25) is 0 Å². The van der Waals surface area contributed by atoms with Crippen LogP contribution >= 0.6 is 0 Å². The van der Waals surface area contributed by atoms with Crippen LogP contribution in [0.2, 0.25) is 0 Å². The van der Waals surface area contributed by atoms with E-state index in [2.05, 4.69) is 16.0 Å². The Labute approximate surface area is 152 Å². The summed E-state index contributed by atoms with van der Waals surface area (Å²) in [4.78, 5) is 24.9. The molecule has 134 valence electrons. The Morgan fingerprint density at radius 3 is 2.42 bits per heavy atom. The molecule has 6 nitrogen and oxygen atoms in total. The van der Waals surface area contributed by atoms with Crippen LogP contribution in [0, 0.1) is 6.92 Å². The second-order valence-corrected chi connectivity index (χ2v) is 6.11. The third-order valence-corrected chi connectivity index (χ3v) is 4.36. The first kappa shape index (κ1) is 17.5. The maximum Gasteiger partial charge on any atom is 0.319 e. The van der Waals surface area contributed by atoms with Gasteiger partial charge >= 0.3 is 6.03 Å². The molecular weight excluding hydrogens is 330 g/mol. The zero-order chi connectivity index (χ0) is 18.7. The molecule has 1 unspecified atom stereocenters. The summed E-state index contributed by atoms with van der Waals surface area (Å²) in [5, 5.41) is 8.42. The summed E-state index contributed by atoms with van der Waals surface area (Å²) in [6.07, 6.45) is 0. The Morgan fingerprint density at radius 2 is 1.77 bits per heavy atom. The summed E-state index contributed by atoms with van der Waals surface area (Å²) in [5.74, 6) is 0.441. The first-order valence-electron chi connectivity index (χ1n) is 8.29. The van der Waals surface area contributed by atoms with Crippen LogP contribution in [0.4, 0.5) is 10.5 Å². The van der Waals surface area contributed by atoms with Crippen molar-refractivity contribution in [1.29, 1.82) is 0 Å². The van der Waals surface area contributed by atoms with Crippen molar-refractivity contribution in [3.8, 4) is 5.75 Å². The van der Waals surface area contributed by atoms with Crippen LogP contribution in [0.5, 0.6) is 5.75 Å². The number of benzene rings is 2. The minimum absolute atomic E-state index is 0.270. The lowest BCUT2D eigenvalue weighted by atomic mass is 9.92. The second-order valence-electron chi connectivity index (χ2n) is 6.11. The fraction of sp³-hybridized carbons (Fsp3) is 0.200. The number of anilines is 1. The second kappa shape index (κ2) is 7.31. The molecule has 0 radical (unpaired) electrons. The maximum atomic E-state index is 12.9. The molecule has 26 heavy (non-hydrogen) atoms. The van der Waals surface area contributed by atoms with Gasteiger partial charge in [-0.05, 0) is 49.2 Å². The minimum atomic E-state index is -0.511. The molecule has 0 bridgehead atoms. The van der Waals surface area contributed by atoms with Crippen molar-refractivity contribution in [1.82, 2.24) is 10.6 Å². The molecule has 3 N–H and O–H groups in total. The topological polar surface area (TPSA) is 79.5 Å². The van der Waals surface area contributed by atoms with Crippen molar-refractivity contribution >= 4 is 17.6 Å². The molecule has 1 aliphatic heterocycles. The smallest absolute Gasteiger partial charge is 0.319 e. The van der Waals surface area contributed by atoms with E-state index < -0.39 is 6.04 Å². The summed E-state index contributed by atoms with van der Waals surface area (Å²) < 4.78 is 5.13. The third-order valence-electron chi connectivity index (χ3n) is 4.36. The Bertz CT molecular complexity index is 872. The molecule has 1 aliphatic rings. The number of carbonyl (C=O) groups is 2. The molecule has 3 amide bonds. The Morgan fingerprint density at radius 1 is 1.08 bits per heavy atom. The van der Waals surface area contributed by atoms with Crippen molar-refractivity contribution in [2.24, 2.45) is 0 Å². The molecule has 1 atom stereocenters. The van der Waals surface area contributed by atoms with E-state index >= 15 is 0 Å². The molecular formula is C20H21N3O3. The molecule has 6 heteroatoms. The highest BCUT2D eigenvalue weighted by atomic mass is 16.5. The number of carbonyl (C=O) groups excluding carboxylic acids is 2. The van der Waals surface area contributed by atoms with E-state index in [4.69, 9.17) is 4.74 Å². The van der Waals surface area contributed by atoms with E-state index in [1.54, 1.807) is 38.3 Å². The van der Waals surface area contributed by atoms with Gasteiger partial charge in [0.05, 0.1) is 18.7 Å². The highest BCUT2D eigenvalue weighted by Crippen LogP contribution is 2.29. The monoisotopic (exact) mass is 351 g/mol. The van der Waals surface area contributed by atoms with Crippen molar-refractivity contribution in [3.63, 3.8) is 0 Å². The number of methoxy groups -OCH3 is 1. The summed E-state index contributed by atoms with van der Waals surface area (Å²) >= 11 is 0. The number of urea groups is 1. The summed E-state index contributed by atoms with van der Waals surface area (Å²) in [6, 6.07) is 13.9. The number of rotatable bonds is 4. The molecule has 0 saturated heterocycles. The average Bonchev–Trinajstić information content (AvgIpc) is 2.62. The van der Waals surface area contributed by atoms with Gasteiger partial charge in [0.1, 0.15) is 5.75 Å². The number of hydrogen-bond donors (Lipinski definition) is 3. The number of ether oxygens (including phenoxy) is 1. The maximum absolute atomic E-state index is 12.9. The average molecular weight is 351 g/mol. The van der Waals surface area contributed by atoms with Gasteiger partial charge in [0.15, 0.2) is 0 Å². The highest BCUT2D eigenvalue weighted by molar-refractivity contribution is 6.06. The number of hydrogen-bond acceptors (Lipinski definition) is 3. The van der Waals surface area contributed by atoms with Gasteiger partial charge in [0, 0.05) is 11.4 Å². The third kappa shape index (κ3) is 3.54. The fourth-order valence-electron chi connectivity index (χ4n) is 3.01. The predicted molar refractivity (Wildman–Crippen MR) is 99.9 cm³/mol. The summed E-state index contributed by atoms with van der Waals surface area (Å²) in [7, 11) is 1.59. The normalized spacial score (nSPS) is 16.6. The lowest BCUT2D eigenvalue weighted by molar-refractivity contribution is -0.113. The zero-order valence-corrected chi connectivity index (χ0v) is 14.9. The molecule has 0 fully saturated rings. The summed E-state index contributed by atoms with van der Waals surface area (Å²) in [5.41, 5.74) is 3.56. The van der Waals surface area contributed by atoms with Crippen LogP contribution in [-0.4, -0.2) is 19.0 Å². The van der Waals surface area contributed by atoms with Crippen LogP contribution in [0.1, 0.15) is 24.1 Å². The van der Waals surface area contributed by atoms with E-state index in [9.17, 15) is 9.59 Å². The van der Waals surface area contributed by atoms with Crippen LogP contribution in [0.15, 0.2) is 59.8 Å². The zero-order valence-electron chi connectivity index (χ0n) is 14.9. The van der Waals surface area contributed by atoms with E-state index in [1.165, 1.54) is 0 Å². The molecule has 2 aromatic rings. The molecule has 3 rings (SSSR count). The molecule has 1 heterocycles. The standard InChI is InChI=1S/C20H21N3O3/c1-12-6-4-5-7-16(12)18-17(13(2)21-20(25)23-18)19(24)22-14-8-10-15(26-3)11-9-14/h4-11,18H,1-3H3,(H,22,24)(H2,21,23,25). The highest BCUT2D eigenvalue weighted by Gasteiger charge is 2.31. The fourth-order valence-corrected chi connectivity index (χ4v) is 3.01. The Balaban J connectivity index is 1.93. The lowest BCUT2D eigenvalue weighted by Crippen LogP contribution is -2.46. The van der Waals surface area contributed by atoms with Gasteiger partial charge < -0.3 is 20.7 Å². The van der Waals surface area contributed by atoms with Crippen molar-refractivity contribution in [2.45, 2.75) is 19.9 Å². The lowest BCUT2D eigenvalue weighted by Gasteiger charge is -2.29. The van der Waals surface area contributed by atoms with Crippen LogP contribution in [0.25, 0.3) is 0 Å². The quantitative estimate of drug-likeness (QED) is 0.791. The summed E-state index contributed by atoms with van der Waals surface area (Å²) in [6.45, 7) is 3.69. The molecule has 0 spiro atoms. The van der Waals surface area contributed by atoms with Crippen LogP contribution in [-0.2, 0) is 4.79 Å². The van der Waals surface area contributed by atoms with E-state index in [0.717, 1.165) is 11.1 Å². The Hall–Kier alpha value is -3.28. The number of aryl methyl sites for hydroxylation is 1. The Kier molecular flexibility index (Phi) is 4.93. The first-order valence-corrected chi connectivity index (χ1v) is 8.29. The predicted octanol–water partition coefficient (Wildman–Crippen LogP) is 3.27. The number of allylic oxidation sites excluding steroid dienone is 1. The molecule has 0 saturated carbocycles. The van der Waals surface area contributed by atoms with Gasteiger partial charge in [0.25, 0.3) is 5.91 Å². The molecule has 2 aromatic carbocycles. The van der Waals surface area contributed by atoms with Gasteiger partial charge in [-0.1, -0.05) is 24.3 Å².